The Morgan fingerprint density at radius 1 is 1.03 bits per heavy atom. The Bertz CT molecular complexity index is 965. The molecule has 7 heteroatoms. The highest BCUT2D eigenvalue weighted by molar-refractivity contribution is 6.00. The van der Waals surface area contributed by atoms with Gasteiger partial charge in [-0.25, -0.2) is 4.68 Å². The summed E-state index contributed by atoms with van der Waals surface area (Å²) in [4.78, 5) is 24.0. The zero-order valence-corrected chi connectivity index (χ0v) is 16.4. The van der Waals surface area contributed by atoms with Crippen molar-refractivity contribution in [1.82, 2.24) is 15.1 Å². The molecular weight excluding hydrogens is 370 g/mol. The highest BCUT2D eigenvalue weighted by Crippen LogP contribution is 2.25. The van der Waals surface area contributed by atoms with E-state index in [0.717, 1.165) is 17.0 Å². The third-order valence-corrected chi connectivity index (χ3v) is 4.41. The van der Waals surface area contributed by atoms with Crippen LogP contribution >= 0.6 is 0 Å². The zero-order valence-electron chi connectivity index (χ0n) is 16.4. The number of benzene rings is 2. The van der Waals surface area contributed by atoms with Crippen LogP contribution in [0.1, 0.15) is 23.2 Å². The topological polar surface area (TPSA) is 82.5 Å². The van der Waals surface area contributed by atoms with Gasteiger partial charge in [0.15, 0.2) is 0 Å². The van der Waals surface area contributed by atoms with Crippen LogP contribution in [0, 0.1) is 0 Å². The van der Waals surface area contributed by atoms with Crippen molar-refractivity contribution >= 4 is 11.9 Å². The van der Waals surface area contributed by atoms with Gasteiger partial charge in [0.25, 0.3) is 5.91 Å². The first-order valence-electron chi connectivity index (χ1n) is 9.27. The molecule has 0 bridgehead atoms. The molecule has 0 unspecified atom stereocenters. The van der Waals surface area contributed by atoms with Crippen molar-refractivity contribution in [3.63, 3.8) is 0 Å². The molecule has 0 atom stereocenters. The molecule has 0 aliphatic carbocycles. The molecule has 0 aliphatic heterocycles. The number of methoxy groups -OCH3 is 2. The van der Waals surface area contributed by atoms with Crippen molar-refractivity contribution in [3.05, 3.63) is 66.4 Å². The molecule has 1 aromatic heterocycles. The lowest BCUT2D eigenvalue weighted by Gasteiger charge is -2.06. The molecule has 1 heterocycles. The first-order valence-corrected chi connectivity index (χ1v) is 9.27. The van der Waals surface area contributed by atoms with Gasteiger partial charge in [0.2, 0.25) is 0 Å². The van der Waals surface area contributed by atoms with Crippen molar-refractivity contribution in [2.24, 2.45) is 0 Å². The van der Waals surface area contributed by atoms with Crippen LogP contribution in [0.3, 0.4) is 0 Å². The van der Waals surface area contributed by atoms with Crippen LogP contribution in [0.2, 0.25) is 0 Å². The molecule has 0 radical (unpaired) electrons. The normalized spacial score (nSPS) is 10.4. The quantitative estimate of drug-likeness (QED) is 0.469. The Morgan fingerprint density at radius 2 is 1.76 bits per heavy atom. The Hall–Kier alpha value is -3.61. The lowest BCUT2D eigenvalue weighted by molar-refractivity contribution is -0.140. The molecular formula is C22H23N3O4. The number of ether oxygens (including phenoxy) is 2. The maximum atomic E-state index is 12.8. The van der Waals surface area contributed by atoms with Gasteiger partial charge in [0, 0.05) is 24.7 Å². The summed E-state index contributed by atoms with van der Waals surface area (Å²) in [6.07, 6.45) is 2.47. The fourth-order valence-corrected chi connectivity index (χ4v) is 2.85. The van der Waals surface area contributed by atoms with Crippen molar-refractivity contribution in [2.45, 2.75) is 12.8 Å². The number of para-hydroxylation sites is 1. The second-order valence-corrected chi connectivity index (χ2v) is 6.34. The summed E-state index contributed by atoms with van der Waals surface area (Å²) in [5, 5.41) is 7.49. The number of carbonyl (C=O) groups excluding carboxylic acids is 2. The Kier molecular flexibility index (Phi) is 6.63. The van der Waals surface area contributed by atoms with E-state index >= 15 is 0 Å². The van der Waals surface area contributed by atoms with E-state index < -0.39 is 0 Å². The predicted molar refractivity (Wildman–Crippen MR) is 109 cm³/mol. The zero-order chi connectivity index (χ0) is 20.6. The SMILES string of the molecule is COC(=O)CCCNC(=O)c1cn(-c2ccccc2)nc1-c1ccc(OC)cc1. The summed E-state index contributed by atoms with van der Waals surface area (Å²) in [6, 6.07) is 17.0. The van der Waals surface area contributed by atoms with E-state index in [1.165, 1.54) is 7.11 Å². The number of rotatable bonds is 8. The molecule has 3 rings (SSSR count). The number of amides is 1. The fraction of sp³-hybridized carbons (Fsp3) is 0.227. The molecule has 29 heavy (non-hydrogen) atoms. The third kappa shape index (κ3) is 5.01. The third-order valence-electron chi connectivity index (χ3n) is 4.41. The van der Waals surface area contributed by atoms with Crippen LogP contribution in [0.4, 0.5) is 0 Å². The standard InChI is InChI=1S/C22H23N3O4/c1-28-18-12-10-16(11-13-18)21-19(22(27)23-14-6-9-20(26)29-2)15-25(24-21)17-7-4-3-5-8-17/h3-5,7-8,10-13,15H,6,9,14H2,1-2H3,(H,23,27). The minimum atomic E-state index is -0.296. The van der Waals surface area contributed by atoms with Crippen LogP contribution < -0.4 is 10.1 Å². The van der Waals surface area contributed by atoms with Crippen LogP contribution in [0.5, 0.6) is 5.75 Å². The minimum Gasteiger partial charge on any atom is -0.497 e. The predicted octanol–water partition coefficient (Wildman–Crippen LogP) is 3.23. The molecule has 1 N–H and O–H groups in total. The number of hydrogen-bond donors (Lipinski definition) is 1. The van der Waals surface area contributed by atoms with Gasteiger partial charge in [-0.3, -0.25) is 9.59 Å². The van der Waals surface area contributed by atoms with Crippen LogP contribution in [0.25, 0.3) is 16.9 Å². The van der Waals surface area contributed by atoms with Gasteiger partial charge in [-0.05, 0) is 42.8 Å². The van der Waals surface area contributed by atoms with Gasteiger partial charge in [-0.2, -0.15) is 5.10 Å². The van der Waals surface area contributed by atoms with Gasteiger partial charge in [-0.15, -0.1) is 0 Å². The van der Waals surface area contributed by atoms with Crippen molar-refractivity contribution < 1.29 is 19.1 Å². The first kappa shape index (κ1) is 20.1. The Labute approximate surface area is 169 Å². The van der Waals surface area contributed by atoms with Gasteiger partial charge in [0.05, 0.1) is 25.5 Å². The highest BCUT2D eigenvalue weighted by Gasteiger charge is 2.18. The van der Waals surface area contributed by atoms with E-state index in [0.29, 0.717) is 24.2 Å². The lowest BCUT2D eigenvalue weighted by atomic mass is 10.1. The van der Waals surface area contributed by atoms with Gasteiger partial charge in [-0.1, -0.05) is 18.2 Å². The molecule has 7 nitrogen and oxygen atoms in total. The monoisotopic (exact) mass is 393 g/mol. The number of aromatic nitrogens is 2. The number of nitrogens with one attached hydrogen (secondary N) is 1. The van der Waals surface area contributed by atoms with E-state index in [2.05, 4.69) is 15.2 Å². The van der Waals surface area contributed by atoms with Gasteiger partial charge >= 0.3 is 5.97 Å². The number of esters is 1. The largest absolute Gasteiger partial charge is 0.497 e. The van der Waals surface area contributed by atoms with E-state index in [9.17, 15) is 9.59 Å². The average Bonchev–Trinajstić information content (AvgIpc) is 3.22. The minimum absolute atomic E-state index is 0.247. The smallest absolute Gasteiger partial charge is 0.305 e. The number of hydrogen-bond acceptors (Lipinski definition) is 5. The van der Waals surface area contributed by atoms with Gasteiger partial charge in [0.1, 0.15) is 11.4 Å². The van der Waals surface area contributed by atoms with E-state index in [4.69, 9.17) is 4.74 Å². The fourth-order valence-electron chi connectivity index (χ4n) is 2.85. The summed E-state index contributed by atoms with van der Waals surface area (Å²) in [5.41, 5.74) is 2.69. The Balaban J connectivity index is 1.86. The Morgan fingerprint density at radius 3 is 2.41 bits per heavy atom. The first-order chi connectivity index (χ1) is 14.1. The average molecular weight is 393 g/mol. The molecule has 1 amide bonds. The molecule has 0 spiro atoms. The van der Waals surface area contributed by atoms with Gasteiger partial charge < -0.3 is 14.8 Å². The second-order valence-electron chi connectivity index (χ2n) is 6.34. The van der Waals surface area contributed by atoms with E-state index in [1.54, 1.807) is 18.0 Å². The van der Waals surface area contributed by atoms with E-state index in [1.807, 2.05) is 54.6 Å². The van der Waals surface area contributed by atoms with Crippen LogP contribution in [-0.2, 0) is 9.53 Å². The van der Waals surface area contributed by atoms with E-state index in [-0.39, 0.29) is 18.3 Å². The molecule has 0 saturated heterocycles. The maximum Gasteiger partial charge on any atom is 0.305 e. The summed E-state index contributed by atoms with van der Waals surface area (Å²) in [6.45, 7) is 0.368. The summed E-state index contributed by atoms with van der Waals surface area (Å²) in [7, 11) is 2.95. The summed E-state index contributed by atoms with van der Waals surface area (Å²) in [5.74, 6) is 0.183. The summed E-state index contributed by atoms with van der Waals surface area (Å²) >= 11 is 0. The summed E-state index contributed by atoms with van der Waals surface area (Å²) < 4.78 is 11.5. The van der Waals surface area contributed by atoms with Crippen LogP contribution in [-0.4, -0.2) is 42.4 Å². The number of nitrogens with zero attached hydrogens (tertiary/aromatic N) is 2. The molecule has 0 aliphatic rings. The van der Waals surface area contributed by atoms with Crippen LogP contribution in [0.15, 0.2) is 60.8 Å². The van der Waals surface area contributed by atoms with Crippen molar-refractivity contribution in [2.75, 3.05) is 20.8 Å². The molecule has 150 valence electrons. The number of carbonyl (C=O) groups is 2. The molecule has 3 aromatic rings. The second kappa shape index (κ2) is 9.54. The molecule has 0 fully saturated rings. The van der Waals surface area contributed by atoms with Crippen molar-refractivity contribution in [1.29, 1.82) is 0 Å². The molecule has 2 aromatic carbocycles. The van der Waals surface area contributed by atoms with Crippen molar-refractivity contribution in [3.8, 4) is 22.7 Å². The molecule has 0 saturated carbocycles. The lowest BCUT2D eigenvalue weighted by Crippen LogP contribution is -2.25. The highest BCUT2D eigenvalue weighted by atomic mass is 16.5. The maximum absolute atomic E-state index is 12.8.